The molecule has 6 heteroatoms. The predicted molar refractivity (Wildman–Crippen MR) is 72.5 cm³/mol. The molecule has 0 radical (unpaired) electrons. The Morgan fingerprint density at radius 3 is 2.79 bits per heavy atom. The first kappa shape index (κ1) is 13.2. The van der Waals surface area contributed by atoms with Crippen LogP contribution in [-0.4, -0.2) is 21.2 Å². The fraction of sp³-hybridized carbons (Fsp3) is 0.308. The summed E-state index contributed by atoms with van der Waals surface area (Å²) >= 11 is 0. The molecule has 0 bridgehead atoms. The van der Waals surface area contributed by atoms with Crippen molar-refractivity contribution < 1.29 is 4.92 Å². The second-order valence-electron chi connectivity index (χ2n) is 4.38. The topological polar surface area (TPSA) is 87.0 Å². The van der Waals surface area contributed by atoms with E-state index in [4.69, 9.17) is 5.73 Å². The van der Waals surface area contributed by atoms with Gasteiger partial charge in [0, 0.05) is 17.8 Å². The van der Waals surface area contributed by atoms with E-state index < -0.39 is 4.92 Å². The number of hydrogen-bond acceptors (Lipinski definition) is 4. The van der Waals surface area contributed by atoms with Crippen LogP contribution >= 0.6 is 0 Å². The van der Waals surface area contributed by atoms with Crippen LogP contribution in [0.5, 0.6) is 0 Å². The minimum absolute atomic E-state index is 0.0606. The van der Waals surface area contributed by atoms with Crippen molar-refractivity contribution in [3.05, 3.63) is 51.3 Å². The highest BCUT2D eigenvalue weighted by atomic mass is 16.6. The molecule has 0 aliphatic rings. The number of nitrogens with two attached hydrogens (primary N) is 1. The fourth-order valence-corrected chi connectivity index (χ4v) is 2.17. The monoisotopic (exact) mass is 260 g/mol. The van der Waals surface area contributed by atoms with Gasteiger partial charge in [-0.05, 0) is 38.4 Å². The third kappa shape index (κ3) is 2.48. The molecule has 2 N–H and O–H groups in total. The van der Waals surface area contributed by atoms with Crippen molar-refractivity contribution in [3.8, 4) is 5.69 Å². The van der Waals surface area contributed by atoms with Gasteiger partial charge in [-0.1, -0.05) is 6.07 Å². The maximum atomic E-state index is 10.8. The van der Waals surface area contributed by atoms with Gasteiger partial charge in [-0.3, -0.25) is 10.1 Å². The van der Waals surface area contributed by atoms with Gasteiger partial charge in [0.25, 0.3) is 5.69 Å². The van der Waals surface area contributed by atoms with Gasteiger partial charge < -0.3 is 5.73 Å². The van der Waals surface area contributed by atoms with E-state index in [0.29, 0.717) is 12.2 Å². The molecule has 6 nitrogen and oxygen atoms in total. The van der Waals surface area contributed by atoms with Crippen LogP contribution in [0.25, 0.3) is 5.69 Å². The third-order valence-electron chi connectivity index (χ3n) is 3.12. The van der Waals surface area contributed by atoms with Gasteiger partial charge in [0.15, 0.2) is 0 Å². The second-order valence-corrected chi connectivity index (χ2v) is 4.38. The van der Waals surface area contributed by atoms with E-state index in [0.717, 1.165) is 23.4 Å². The van der Waals surface area contributed by atoms with E-state index in [1.165, 1.54) is 12.1 Å². The first-order valence-corrected chi connectivity index (χ1v) is 6.04. The zero-order chi connectivity index (χ0) is 14.0. The van der Waals surface area contributed by atoms with Crippen LogP contribution in [0, 0.1) is 24.0 Å². The molecule has 0 amide bonds. The van der Waals surface area contributed by atoms with Crippen molar-refractivity contribution in [2.75, 3.05) is 6.54 Å². The van der Waals surface area contributed by atoms with Gasteiger partial charge in [0.2, 0.25) is 0 Å². The average molecular weight is 260 g/mol. The summed E-state index contributed by atoms with van der Waals surface area (Å²) in [5.41, 5.74) is 9.33. The van der Waals surface area contributed by atoms with Crippen molar-refractivity contribution in [3.63, 3.8) is 0 Å². The summed E-state index contributed by atoms with van der Waals surface area (Å²) in [5, 5.41) is 15.2. The number of non-ortho nitro benzene ring substituents is 1. The number of rotatable bonds is 4. The number of hydrogen-bond donors (Lipinski definition) is 1. The molecular formula is C13H16N4O2. The van der Waals surface area contributed by atoms with Crippen LogP contribution in [0.2, 0.25) is 0 Å². The number of aromatic nitrogens is 2. The summed E-state index contributed by atoms with van der Waals surface area (Å²) < 4.78 is 1.73. The smallest absolute Gasteiger partial charge is 0.271 e. The SMILES string of the molecule is Cc1nn(-c2cccc([N+](=O)[O-])c2)c(C)c1CCN. The maximum absolute atomic E-state index is 10.8. The standard InChI is InChI=1S/C13H16N4O2/c1-9-13(6-7-14)10(2)16(15-9)11-4-3-5-12(8-11)17(18)19/h3-5,8H,6-7,14H2,1-2H3. The van der Waals surface area contributed by atoms with Crippen LogP contribution in [0.15, 0.2) is 24.3 Å². The Hall–Kier alpha value is -2.21. The molecule has 1 aromatic heterocycles. The highest BCUT2D eigenvalue weighted by Gasteiger charge is 2.14. The van der Waals surface area contributed by atoms with Crippen LogP contribution in [0.3, 0.4) is 0 Å². The largest absolute Gasteiger partial charge is 0.330 e. The van der Waals surface area contributed by atoms with E-state index in [-0.39, 0.29) is 5.69 Å². The number of nitrogens with zero attached hydrogens (tertiary/aromatic N) is 3. The Bertz CT molecular complexity index is 619. The molecule has 100 valence electrons. The zero-order valence-corrected chi connectivity index (χ0v) is 11.0. The van der Waals surface area contributed by atoms with E-state index >= 15 is 0 Å². The molecule has 0 fully saturated rings. The van der Waals surface area contributed by atoms with Crippen LogP contribution in [0.1, 0.15) is 17.0 Å². The van der Waals surface area contributed by atoms with Gasteiger partial charge in [-0.25, -0.2) is 4.68 Å². The van der Waals surface area contributed by atoms with Crippen LogP contribution in [0.4, 0.5) is 5.69 Å². The first-order chi connectivity index (χ1) is 9.04. The molecule has 2 aromatic rings. The van der Waals surface area contributed by atoms with E-state index in [9.17, 15) is 10.1 Å². The van der Waals surface area contributed by atoms with Crippen molar-refractivity contribution in [2.24, 2.45) is 5.73 Å². The molecule has 1 aromatic carbocycles. The van der Waals surface area contributed by atoms with Crippen molar-refractivity contribution in [1.29, 1.82) is 0 Å². The summed E-state index contributed by atoms with van der Waals surface area (Å²) in [6.45, 7) is 4.43. The van der Waals surface area contributed by atoms with Gasteiger partial charge >= 0.3 is 0 Å². The molecule has 0 aliphatic heterocycles. The molecule has 0 saturated carbocycles. The minimum Gasteiger partial charge on any atom is -0.330 e. The Balaban J connectivity index is 2.50. The van der Waals surface area contributed by atoms with E-state index in [1.807, 2.05) is 13.8 Å². The number of aryl methyl sites for hydroxylation is 1. The lowest BCUT2D eigenvalue weighted by atomic mass is 10.1. The minimum atomic E-state index is -0.407. The molecule has 0 saturated heterocycles. The summed E-state index contributed by atoms with van der Waals surface area (Å²) in [6.07, 6.45) is 0.757. The first-order valence-electron chi connectivity index (χ1n) is 6.04. The molecular weight excluding hydrogens is 244 g/mol. The lowest BCUT2D eigenvalue weighted by Crippen LogP contribution is -2.05. The Morgan fingerprint density at radius 1 is 1.42 bits per heavy atom. The zero-order valence-electron chi connectivity index (χ0n) is 11.0. The molecule has 19 heavy (non-hydrogen) atoms. The molecule has 0 atom stereocenters. The lowest BCUT2D eigenvalue weighted by molar-refractivity contribution is -0.384. The number of nitro benzene ring substituents is 1. The van der Waals surface area contributed by atoms with Gasteiger partial charge in [0.1, 0.15) is 0 Å². The van der Waals surface area contributed by atoms with Crippen LogP contribution < -0.4 is 5.73 Å². The Kier molecular flexibility index (Phi) is 3.62. The second kappa shape index (κ2) is 5.19. The fourth-order valence-electron chi connectivity index (χ4n) is 2.17. The highest BCUT2D eigenvalue weighted by molar-refractivity contribution is 5.44. The van der Waals surface area contributed by atoms with Crippen molar-refractivity contribution in [1.82, 2.24) is 9.78 Å². The molecule has 0 aliphatic carbocycles. The summed E-state index contributed by atoms with van der Waals surface area (Å²) in [6, 6.07) is 6.45. The van der Waals surface area contributed by atoms with Gasteiger partial charge in [-0.2, -0.15) is 5.10 Å². The Morgan fingerprint density at radius 2 is 2.16 bits per heavy atom. The quantitative estimate of drug-likeness (QED) is 0.671. The molecule has 2 rings (SSSR count). The summed E-state index contributed by atoms with van der Waals surface area (Å²) in [7, 11) is 0. The van der Waals surface area contributed by atoms with E-state index in [1.54, 1.807) is 16.8 Å². The lowest BCUT2D eigenvalue weighted by Gasteiger charge is -2.05. The van der Waals surface area contributed by atoms with Crippen LogP contribution in [-0.2, 0) is 6.42 Å². The molecule has 0 spiro atoms. The summed E-state index contributed by atoms with van der Waals surface area (Å²) in [4.78, 5) is 10.4. The highest BCUT2D eigenvalue weighted by Crippen LogP contribution is 2.21. The summed E-state index contributed by atoms with van der Waals surface area (Å²) in [5.74, 6) is 0. The van der Waals surface area contributed by atoms with Gasteiger partial charge in [0.05, 0.1) is 16.3 Å². The van der Waals surface area contributed by atoms with Crippen molar-refractivity contribution >= 4 is 5.69 Å². The molecule has 0 unspecified atom stereocenters. The average Bonchev–Trinajstić information content (AvgIpc) is 2.67. The predicted octanol–water partition coefficient (Wildman–Crippen LogP) is 1.90. The normalized spacial score (nSPS) is 10.7. The molecule has 1 heterocycles. The Labute approximate surface area is 111 Å². The maximum Gasteiger partial charge on any atom is 0.271 e. The third-order valence-corrected chi connectivity index (χ3v) is 3.12. The number of nitro groups is 1. The van der Waals surface area contributed by atoms with E-state index in [2.05, 4.69) is 5.10 Å². The van der Waals surface area contributed by atoms with Crippen molar-refractivity contribution in [2.45, 2.75) is 20.3 Å². The van der Waals surface area contributed by atoms with Gasteiger partial charge in [-0.15, -0.1) is 0 Å². The number of benzene rings is 1.